The van der Waals surface area contributed by atoms with Crippen LogP contribution in [0.15, 0.2) is 24.3 Å². The molecule has 2 saturated heterocycles. The highest BCUT2D eigenvalue weighted by Gasteiger charge is 2.41. The number of anilines is 1. The molecular weight excluding hydrogens is 336 g/mol. The lowest BCUT2D eigenvalue weighted by atomic mass is 9.86. The molecular formula is C23H34N2O2. The second-order valence-corrected chi connectivity index (χ2v) is 8.93. The van der Waals surface area contributed by atoms with Gasteiger partial charge in [0.15, 0.2) is 6.61 Å². The molecule has 0 spiro atoms. The molecule has 148 valence electrons. The van der Waals surface area contributed by atoms with Gasteiger partial charge in [0.2, 0.25) is 0 Å². The third-order valence-corrected chi connectivity index (χ3v) is 6.77. The van der Waals surface area contributed by atoms with Crippen LogP contribution in [0.1, 0.15) is 58.8 Å². The average molecular weight is 371 g/mol. The summed E-state index contributed by atoms with van der Waals surface area (Å²) in [5.41, 5.74) is 0.932. The SMILES string of the molecule is CCCCC1CC2CC[C@@H](C1)N2C[C@@H](C)CN1C(=O)COc2ccccc21. The monoisotopic (exact) mass is 370 g/mol. The Morgan fingerprint density at radius 1 is 1.15 bits per heavy atom. The Morgan fingerprint density at radius 3 is 2.63 bits per heavy atom. The maximum absolute atomic E-state index is 12.5. The molecule has 1 amide bonds. The fourth-order valence-corrected chi connectivity index (χ4v) is 5.50. The first-order valence-electron chi connectivity index (χ1n) is 10.9. The summed E-state index contributed by atoms with van der Waals surface area (Å²) < 4.78 is 5.58. The van der Waals surface area contributed by atoms with Crippen molar-refractivity contribution >= 4 is 11.6 Å². The number of piperidine rings is 1. The summed E-state index contributed by atoms with van der Waals surface area (Å²) in [4.78, 5) is 17.2. The predicted octanol–water partition coefficient (Wildman–Crippen LogP) is 4.48. The number of ether oxygens (including phenoxy) is 1. The number of unbranched alkanes of at least 4 members (excludes halogenated alkanes) is 1. The van der Waals surface area contributed by atoms with Crippen molar-refractivity contribution in [1.29, 1.82) is 0 Å². The van der Waals surface area contributed by atoms with Gasteiger partial charge in [0, 0.05) is 25.2 Å². The Hall–Kier alpha value is -1.55. The molecule has 2 bridgehead atoms. The van der Waals surface area contributed by atoms with Crippen LogP contribution in [-0.4, -0.2) is 42.6 Å². The molecule has 3 heterocycles. The largest absolute Gasteiger partial charge is 0.482 e. The van der Waals surface area contributed by atoms with Crippen LogP contribution in [0.2, 0.25) is 0 Å². The summed E-state index contributed by atoms with van der Waals surface area (Å²) in [5.74, 6) is 2.33. The Kier molecular flexibility index (Phi) is 5.72. The average Bonchev–Trinajstić information content (AvgIpc) is 2.90. The van der Waals surface area contributed by atoms with Gasteiger partial charge in [-0.2, -0.15) is 0 Å². The zero-order valence-corrected chi connectivity index (χ0v) is 16.9. The second kappa shape index (κ2) is 8.22. The number of hydrogen-bond acceptors (Lipinski definition) is 3. The molecule has 4 rings (SSSR count). The molecule has 0 aromatic heterocycles. The van der Waals surface area contributed by atoms with E-state index in [0.717, 1.165) is 42.5 Å². The summed E-state index contributed by atoms with van der Waals surface area (Å²) >= 11 is 0. The van der Waals surface area contributed by atoms with Crippen LogP contribution in [0.25, 0.3) is 0 Å². The minimum atomic E-state index is 0.0850. The van der Waals surface area contributed by atoms with Gasteiger partial charge in [0.25, 0.3) is 5.91 Å². The molecule has 4 atom stereocenters. The number of nitrogens with zero attached hydrogens (tertiary/aromatic N) is 2. The van der Waals surface area contributed by atoms with Gasteiger partial charge in [-0.05, 0) is 49.7 Å². The van der Waals surface area contributed by atoms with E-state index < -0.39 is 0 Å². The normalized spacial score (nSPS) is 28.7. The zero-order chi connectivity index (χ0) is 18.8. The quantitative estimate of drug-likeness (QED) is 0.709. The van der Waals surface area contributed by atoms with Crippen molar-refractivity contribution in [2.45, 2.75) is 70.9 Å². The van der Waals surface area contributed by atoms with Gasteiger partial charge in [0.1, 0.15) is 5.75 Å². The second-order valence-electron chi connectivity index (χ2n) is 8.93. The third-order valence-electron chi connectivity index (χ3n) is 6.77. The number of carbonyl (C=O) groups is 1. The number of fused-ring (bicyclic) bond motifs is 3. The molecule has 4 heteroatoms. The van der Waals surface area contributed by atoms with Crippen molar-refractivity contribution in [2.24, 2.45) is 11.8 Å². The van der Waals surface area contributed by atoms with E-state index in [9.17, 15) is 4.79 Å². The van der Waals surface area contributed by atoms with Crippen molar-refractivity contribution in [3.8, 4) is 5.75 Å². The van der Waals surface area contributed by atoms with Crippen LogP contribution < -0.4 is 9.64 Å². The van der Waals surface area contributed by atoms with E-state index in [4.69, 9.17) is 4.74 Å². The highest BCUT2D eigenvalue weighted by molar-refractivity contribution is 5.97. The minimum absolute atomic E-state index is 0.0850. The van der Waals surface area contributed by atoms with Crippen molar-refractivity contribution < 1.29 is 9.53 Å². The number of rotatable bonds is 7. The smallest absolute Gasteiger partial charge is 0.265 e. The van der Waals surface area contributed by atoms with E-state index in [1.54, 1.807) is 0 Å². The summed E-state index contributed by atoms with van der Waals surface area (Å²) in [5, 5.41) is 0. The van der Waals surface area contributed by atoms with Gasteiger partial charge in [-0.1, -0.05) is 45.2 Å². The van der Waals surface area contributed by atoms with Gasteiger partial charge >= 0.3 is 0 Å². The Bertz CT molecular complexity index is 648. The first kappa shape index (κ1) is 18.8. The van der Waals surface area contributed by atoms with Crippen molar-refractivity contribution in [1.82, 2.24) is 4.90 Å². The molecule has 0 aliphatic carbocycles. The van der Waals surface area contributed by atoms with E-state index in [1.165, 1.54) is 44.9 Å². The van der Waals surface area contributed by atoms with Gasteiger partial charge in [-0.25, -0.2) is 0 Å². The number of hydrogen-bond donors (Lipinski definition) is 0. The standard InChI is InChI=1S/C23H34N2O2/c1-3-4-7-18-12-19-10-11-20(13-18)24(19)14-17(2)15-25-21-8-5-6-9-22(21)27-16-23(25)26/h5-6,8-9,17-20H,3-4,7,10-16H2,1-2H3/t17-,18?,19+,20?/m1/s1. The molecule has 0 radical (unpaired) electrons. The molecule has 0 N–H and O–H groups in total. The first-order valence-corrected chi connectivity index (χ1v) is 10.9. The first-order chi connectivity index (χ1) is 13.2. The minimum Gasteiger partial charge on any atom is -0.482 e. The fraction of sp³-hybridized carbons (Fsp3) is 0.696. The molecule has 0 saturated carbocycles. The van der Waals surface area contributed by atoms with Crippen LogP contribution in [-0.2, 0) is 4.79 Å². The molecule has 27 heavy (non-hydrogen) atoms. The molecule has 1 aromatic carbocycles. The molecule has 4 nitrogen and oxygen atoms in total. The summed E-state index contributed by atoms with van der Waals surface area (Å²) in [7, 11) is 0. The van der Waals surface area contributed by atoms with Crippen molar-refractivity contribution in [3.63, 3.8) is 0 Å². The highest BCUT2D eigenvalue weighted by Crippen LogP contribution is 2.41. The maximum atomic E-state index is 12.5. The number of benzene rings is 1. The van der Waals surface area contributed by atoms with E-state index in [1.807, 2.05) is 29.2 Å². The van der Waals surface area contributed by atoms with Crippen LogP contribution in [0.4, 0.5) is 5.69 Å². The topological polar surface area (TPSA) is 32.8 Å². The van der Waals surface area contributed by atoms with E-state index in [0.29, 0.717) is 5.92 Å². The summed E-state index contributed by atoms with van der Waals surface area (Å²) in [6.45, 7) is 6.67. The van der Waals surface area contributed by atoms with Crippen LogP contribution in [0.5, 0.6) is 5.75 Å². The summed E-state index contributed by atoms with van der Waals surface area (Å²) in [6.07, 6.45) is 9.66. The molecule has 2 fully saturated rings. The number of carbonyl (C=O) groups excluding carboxylic acids is 1. The van der Waals surface area contributed by atoms with Gasteiger partial charge in [-0.3, -0.25) is 9.69 Å². The molecule has 3 aliphatic heterocycles. The van der Waals surface area contributed by atoms with E-state index in [2.05, 4.69) is 18.7 Å². The van der Waals surface area contributed by atoms with Gasteiger partial charge in [0.05, 0.1) is 5.69 Å². The highest BCUT2D eigenvalue weighted by atomic mass is 16.5. The lowest BCUT2D eigenvalue weighted by Gasteiger charge is -2.41. The van der Waals surface area contributed by atoms with Crippen LogP contribution in [0.3, 0.4) is 0 Å². The van der Waals surface area contributed by atoms with E-state index in [-0.39, 0.29) is 12.5 Å². The van der Waals surface area contributed by atoms with Crippen LogP contribution >= 0.6 is 0 Å². The molecule has 1 aromatic rings. The Balaban J connectivity index is 1.36. The van der Waals surface area contributed by atoms with Crippen molar-refractivity contribution in [2.75, 3.05) is 24.6 Å². The van der Waals surface area contributed by atoms with Crippen molar-refractivity contribution in [3.05, 3.63) is 24.3 Å². The lowest BCUT2D eigenvalue weighted by molar-refractivity contribution is -0.121. The third kappa shape index (κ3) is 4.01. The molecule has 2 unspecified atom stereocenters. The maximum Gasteiger partial charge on any atom is 0.265 e. The van der Waals surface area contributed by atoms with E-state index >= 15 is 0 Å². The van der Waals surface area contributed by atoms with Gasteiger partial charge < -0.3 is 9.64 Å². The Morgan fingerprint density at radius 2 is 1.89 bits per heavy atom. The number of amides is 1. The Labute approximate surface area is 163 Å². The lowest BCUT2D eigenvalue weighted by Crippen LogP contribution is -2.48. The zero-order valence-electron chi connectivity index (χ0n) is 16.9. The molecule has 3 aliphatic rings. The number of para-hydroxylation sites is 2. The fourth-order valence-electron chi connectivity index (χ4n) is 5.50. The summed E-state index contributed by atoms with van der Waals surface area (Å²) in [6, 6.07) is 9.47. The van der Waals surface area contributed by atoms with Gasteiger partial charge in [-0.15, -0.1) is 0 Å². The predicted molar refractivity (Wildman–Crippen MR) is 109 cm³/mol. The van der Waals surface area contributed by atoms with Crippen LogP contribution in [0, 0.1) is 11.8 Å².